The lowest BCUT2D eigenvalue weighted by molar-refractivity contribution is -0.128. The summed E-state index contributed by atoms with van der Waals surface area (Å²) in [7, 11) is 1.76. The van der Waals surface area contributed by atoms with Crippen molar-refractivity contribution in [2.75, 3.05) is 26.7 Å². The Hall–Kier alpha value is -0.610. The average Bonchev–Trinajstić information content (AvgIpc) is 2.15. The van der Waals surface area contributed by atoms with Crippen molar-refractivity contribution < 1.29 is 9.90 Å². The van der Waals surface area contributed by atoms with E-state index in [2.05, 4.69) is 5.32 Å². The Balaban J connectivity index is 3.47. The van der Waals surface area contributed by atoms with Gasteiger partial charge in [-0.3, -0.25) is 4.79 Å². The molecule has 0 aromatic heterocycles. The molecule has 4 nitrogen and oxygen atoms in total. The molecule has 0 saturated heterocycles. The normalized spacial score (nSPS) is 12.6. The third kappa shape index (κ3) is 5.60. The number of nitrogens with one attached hydrogen (secondary N) is 1. The molecule has 1 amide bonds. The van der Waals surface area contributed by atoms with E-state index < -0.39 is 0 Å². The number of likely N-dealkylation sites (N-methyl/N-ethyl adjacent to an activating group) is 1. The molecule has 78 valence electrons. The van der Waals surface area contributed by atoms with Crippen molar-refractivity contribution in [3.63, 3.8) is 0 Å². The lowest BCUT2D eigenvalue weighted by Gasteiger charge is -2.15. The predicted octanol–water partition coefficient (Wildman–Crippen LogP) is -0.175. The standard InChI is InChI=1S/C9H20N2O2/c1-4-8(12)6-10-7-9(13)11(3)5-2/h8,10,12H,4-7H2,1-3H3. The van der Waals surface area contributed by atoms with Gasteiger partial charge in [0.25, 0.3) is 0 Å². The number of amides is 1. The fourth-order valence-electron chi connectivity index (χ4n) is 0.801. The number of hydrogen-bond acceptors (Lipinski definition) is 3. The van der Waals surface area contributed by atoms with E-state index in [0.29, 0.717) is 19.5 Å². The van der Waals surface area contributed by atoms with Crippen molar-refractivity contribution in [3.8, 4) is 0 Å². The van der Waals surface area contributed by atoms with Crippen LogP contribution in [0.25, 0.3) is 0 Å². The molecule has 0 spiro atoms. The minimum atomic E-state index is -0.347. The van der Waals surface area contributed by atoms with Crippen LogP contribution in [0.3, 0.4) is 0 Å². The molecule has 0 radical (unpaired) electrons. The van der Waals surface area contributed by atoms with Gasteiger partial charge in [0.1, 0.15) is 0 Å². The second kappa shape index (κ2) is 6.86. The van der Waals surface area contributed by atoms with E-state index >= 15 is 0 Å². The second-order valence-electron chi connectivity index (χ2n) is 3.10. The molecular weight excluding hydrogens is 168 g/mol. The lowest BCUT2D eigenvalue weighted by atomic mass is 10.3. The third-order valence-electron chi connectivity index (χ3n) is 2.03. The zero-order chi connectivity index (χ0) is 10.3. The summed E-state index contributed by atoms with van der Waals surface area (Å²) < 4.78 is 0. The molecule has 0 rings (SSSR count). The highest BCUT2D eigenvalue weighted by atomic mass is 16.3. The van der Waals surface area contributed by atoms with Gasteiger partial charge in [0.15, 0.2) is 0 Å². The van der Waals surface area contributed by atoms with Gasteiger partial charge in [-0.25, -0.2) is 0 Å². The fraction of sp³-hybridized carbons (Fsp3) is 0.889. The van der Waals surface area contributed by atoms with Crippen molar-refractivity contribution in [2.45, 2.75) is 26.4 Å². The van der Waals surface area contributed by atoms with Crippen molar-refractivity contribution in [3.05, 3.63) is 0 Å². The van der Waals surface area contributed by atoms with E-state index in [1.54, 1.807) is 11.9 Å². The van der Waals surface area contributed by atoms with Gasteiger partial charge in [-0.05, 0) is 13.3 Å². The largest absolute Gasteiger partial charge is 0.392 e. The molecule has 0 aliphatic heterocycles. The first-order chi connectivity index (χ1) is 6.11. The van der Waals surface area contributed by atoms with Crippen LogP contribution >= 0.6 is 0 Å². The first-order valence-corrected chi connectivity index (χ1v) is 4.74. The Morgan fingerprint density at radius 1 is 1.54 bits per heavy atom. The number of nitrogens with zero attached hydrogens (tertiary/aromatic N) is 1. The molecule has 0 heterocycles. The quantitative estimate of drug-likeness (QED) is 0.608. The van der Waals surface area contributed by atoms with E-state index in [1.807, 2.05) is 13.8 Å². The summed E-state index contributed by atoms with van der Waals surface area (Å²) in [6.45, 7) is 5.35. The Bertz CT molecular complexity index is 151. The van der Waals surface area contributed by atoms with Gasteiger partial charge < -0.3 is 15.3 Å². The fourth-order valence-corrected chi connectivity index (χ4v) is 0.801. The maximum absolute atomic E-state index is 11.2. The summed E-state index contributed by atoms with van der Waals surface area (Å²) in [6, 6.07) is 0. The smallest absolute Gasteiger partial charge is 0.236 e. The first-order valence-electron chi connectivity index (χ1n) is 4.74. The van der Waals surface area contributed by atoms with Gasteiger partial charge in [-0.15, -0.1) is 0 Å². The van der Waals surface area contributed by atoms with Crippen LogP contribution in [-0.2, 0) is 4.79 Å². The van der Waals surface area contributed by atoms with Gasteiger partial charge in [0.05, 0.1) is 12.6 Å². The number of rotatable bonds is 6. The highest BCUT2D eigenvalue weighted by molar-refractivity contribution is 5.77. The molecular formula is C9H20N2O2. The molecule has 0 aromatic rings. The Labute approximate surface area is 79.9 Å². The highest BCUT2D eigenvalue weighted by Crippen LogP contribution is 1.87. The minimum absolute atomic E-state index is 0.0609. The summed E-state index contributed by atoms with van der Waals surface area (Å²) in [4.78, 5) is 12.9. The molecule has 1 unspecified atom stereocenters. The van der Waals surface area contributed by atoms with E-state index in [4.69, 9.17) is 0 Å². The molecule has 13 heavy (non-hydrogen) atoms. The summed E-state index contributed by atoms with van der Waals surface area (Å²) in [6.07, 6.45) is 0.366. The molecule has 1 atom stereocenters. The summed E-state index contributed by atoms with van der Waals surface area (Å²) in [5.41, 5.74) is 0. The second-order valence-corrected chi connectivity index (χ2v) is 3.10. The van der Waals surface area contributed by atoms with Gasteiger partial charge >= 0.3 is 0 Å². The molecule has 0 fully saturated rings. The van der Waals surface area contributed by atoms with E-state index in [0.717, 1.165) is 6.54 Å². The van der Waals surface area contributed by atoms with Crippen LogP contribution in [0.2, 0.25) is 0 Å². The number of aliphatic hydroxyl groups excluding tert-OH is 1. The van der Waals surface area contributed by atoms with Crippen LogP contribution in [0.1, 0.15) is 20.3 Å². The molecule has 4 heteroatoms. The maximum atomic E-state index is 11.2. The third-order valence-corrected chi connectivity index (χ3v) is 2.03. The Morgan fingerprint density at radius 2 is 2.15 bits per heavy atom. The minimum Gasteiger partial charge on any atom is -0.392 e. The number of carbonyl (C=O) groups is 1. The van der Waals surface area contributed by atoms with Gasteiger partial charge in [0, 0.05) is 20.1 Å². The van der Waals surface area contributed by atoms with E-state index in [9.17, 15) is 9.90 Å². The van der Waals surface area contributed by atoms with Crippen LogP contribution in [0.5, 0.6) is 0 Å². The van der Waals surface area contributed by atoms with E-state index in [1.165, 1.54) is 0 Å². The van der Waals surface area contributed by atoms with Crippen molar-refractivity contribution in [1.82, 2.24) is 10.2 Å². The first kappa shape index (κ1) is 12.4. The van der Waals surface area contributed by atoms with E-state index in [-0.39, 0.29) is 12.0 Å². The number of carbonyl (C=O) groups excluding carboxylic acids is 1. The zero-order valence-corrected chi connectivity index (χ0v) is 8.71. The van der Waals surface area contributed by atoms with Crippen molar-refractivity contribution >= 4 is 5.91 Å². The molecule has 0 aromatic carbocycles. The molecule has 0 bridgehead atoms. The predicted molar refractivity (Wildman–Crippen MR) is 52.5 cm³/mol. The highest BCUT2D eigenvalue weighted by Gasteiger charge is 2.06. The summed E-state index contributed by atoms with van der Waals surface area (Å²) >= 11 is 0. The topological polar surface area (TPSA) is 52.6 Å². The van der Waals surface area contributed by atoms with Crippen LogP contribution in [-0.4, -0.2) is 48.7 Å². The van der Waals surface area contributed by atoms with Crippen molar-refractivity contribution in [2.24, 2.45) is 0 Å². The average molecular weight is 188 g/mol. The lowest BCUT2D eigenvalue weighted by Crippen LogP contribution is -2.38. The maximum Gasteiger partial charge on any atom is 0.236 e. The van der Waals surface area contributed by atoms with Crippen LogP contribution in [0, 0.1) is 0 Å². The Kier molecular flexibility index (Phi) is 6.54. The molecule has 2 N–H and O–H groups in total. The molecule has 0 aliphatic rings. The van der Waals surface area contributed by atoms with Crippen LogP contribution < -0.4 is 5.32 Å². The zero-order valence-electron chi connectivity index (χ0n) is 8.71. The van der Waals surface area contributed by atoms with Gasteiger partial charge in [-0.1, -0.05) is 6.92 Å². The summed E-state index contributed by atoms with van der Waals surface area (Å²) in [5.74, 6) is 0.0609. The van der Waals surface area contributed by atoms with Gasteiger partial charge in [-0.2, -0.15) is 0 Å². The summed E-state index contributed by atoms with van der Waals surface area (Å²) in [5, 5.41) is 12.1. The number of hydrogen-bond donors (Lipinski definition) is 2. The van der Waals surface area contributed by atoms with Gasteiger partial charge in [0.2, 0.25) is 5.91 Å². The Morgan fingerprint density at radius 3 is 2.62 bits per heavy atom. The monoisotopic (exact) mass is 188 g/mol. The number of aliphatic hydroxyl groups is 1. The molecule has 0 saturated carbocycles. The van der Waals surface area contributed by atoms with Crippen molar-refractivity contribution in [1.29, 1.82) is 0 Å². The SMILES string of the molecule is CCC(O)CNCC(=O)N(C)CC. The molecule has 0 aliphatic carbocycles. The van der Waals surface area contributed by atoms with Crippen LogP contribution in [0.15, 0.2) is 0 Å². The van der Waals surface area contributed by atoms with Crippen LogP contribution in [0.4, 0.5) is 0 Å².